The van der Waals surface area contributed by atoms with E-state index < -0.39 is 8.24 Å². The monoisotopic (exact) mass is 237 g/mol. The molecule has 1 aliphatic rings. The molecule has 0 unspecified atom stereocenters. The van der Waals surface area contributed by atoms with E-state index in [2.05, 4.69) is 70.5 Å². The molecule has 0 saturated heterocycles. The van der Waals surface area contributed by atoms with Crippen LogP contribution >= 0.6 is 0 Å². The van der Waals surface area contributed by atoms with Gasteiger partial charge in [0, 0.05) is 6.54 Å². The predicted octanol–water partition coefficient (Wildman–Crippen LogP) is 4.55. The molecule has 0 aromatic carbocycles. The summed E-state index contributed by atoms with van der Waals surface area (Å²) in [4.78, 5) is 0. The van der Waals surface area contributed by atoms with Gasteiger partial charge in [-0.2, -0.15) is 0 Å². The van der Waals surface area contributed by atoms with Gasteiger partial charge < -0.3 is 4.57 Å². The lowest BCUT2D eigenvalue weighted by Crippen LogP contribution is -2.58. The van der Waals surface area contributed by atoms with Gasteiger partial charge in [-0.25, -0.2) is 0 Å². The Kier molecular flexibility index (Phi) is 4.42. The fourth-order valence-electron chi connectivity index (χ4n) is 3.75. The average Bonchev–Trinajstić information content (AvgIpc) is 2.18. The van der Waals surface area contributed by atoms with Crippen molar-refractivity contribution in [2.45, 2.75) is 58.2 Å². The van der Waals surface area contributed by atoms with Gasteiger partial charge in [0.05, 0.1) is 0 Å². The highest BCUT2D eigenvalue weighted by atomic mass is 28.3. The minimum atomic E-state index is -1.43. The first-order valence-electron chi connectivity index (χ1n) is 6.54. The van der Waals surface area contributed by atoms with E-state index in [0.717, 1.165) is 23.2 Å². The van der Waals surface area contributed by atoms with Gasteiger partial charge >= 0.3 is 0 Å². The Morgan fingerprint density at radius 1 is 0.875 bits per heavy atom. The van der Waals surface area contributed by atoms with E-state index in [-0.39, 0.29) is 0 Å². The Balaban J connectivity index is 3.11. The molecule has 0 amide bonds. The van der Waals surface area contributed by atoms with Gasteiger partial charge in [0.15, 0.2) is 8.24 Å². The molecule has 1 heterocycles. The number of rotatable bonds is 4. The summed E-state index contributed by atoms with van der Waals surface area (Å²) in [6.07, 6.45) is 8.97. The van der Waals surface area contributed by atoms with Crippen LogP contribution in [0.5, 0.6) is 0 Å². The molecule has 0 atom stereocenters. The molecular weight excluding hydrogens is 210 g/mol. The predicted molar refractivity (Wildman–Crippen MR) is 76.0 cm³/mol. The zero-order valence-corrected chi connectivity index (χ0v) is 12.7. The summed E-state index contributed by atoms with van der Waals surface area (Å²) in [7, 11) is -1.43. The highest BCUT2D eigenvalue weighted by Crippen LogP contribution is 2.44. The Morgan fingerprint density at radius 3 is 1.69 bits per heavy atom. The molecule has 16 heavy (non-hydrogen) atoms. The molecule has 1 aliphatic heterocycles. The van der Waals surface area contributed by atoms with Crippen molar-refractivity contribution in [3.8, 4) is 0 Å². The molecule has 0 bridgehead atoms. The zero-order chi connectivity index (χ0) is 12.3. The van der Waals surface area contributed by atoms with Gasteiger partial charge in [-0.15, -0.1) is 0 Å². The minimum Gasteiger partial charge on any atom is -0.399 e. The van der Waals surface area contributed by atoms with Crippen LogP contribution in [0.2, 0.25) is 16.6 Å². The zero-order valence-electron chi connectivity index (χ0n) is 11.7. The van der Waals surface area contributed by atoms with Crippen LogP contribution in [0.25, 0.3) is 0 Å². The topological polar surface area (TPSA) is 3.24 Å². The van der Waals surface area contributed by atoms with E-state index in [1.807, 2.05) is 0 Å². The molecule has 1 nitrogen and oxygen atoms in total. The third-order valence-electron chi connectivity index (χ3n) is 4.09. The largest absolute Gasteiger partial charge is 0.399 e. The van der Waals surface area contributed by atoms with E-state index in [1.165, 1.54) is 0 Å². The highest BCUT2D eigenvalue weighted by molar-refractivity contribution is 6.81. The fourth-order valence-corrected chi connectivity index (χ4v) is 10.5. The molecule has 2 heteroatoms. The van der Waals surface area contributed by atoms with E-state index >= 15 is 0 Å². The van der Waals surface area contributed by atoms with Gasteiger partial charge in [0.2, 0.25) is 0 Å². The van der Waals surface area contributed by atoms with Crippen molar-refractivity contribution in [2.75, 3.05) is 6.54 Å². The van der Waals surface area contributed by atoms with Crippen molar-refractivity contribution in [3.63, 3.8) is 0 Å². The molecule has 0 aliphatic carbocycles. The van der Waals surface area contributed by atoms with Crippen molar-refractivity contribution in [3.05, 3.63) is 24.4 Å². The number of hydrogen-bond donors (Lipinski definition) is 0. The lowest BCUT2D eigenvalue weighted by atomic mass is 10.4. The maximum atomic E-state index is 2.67. The van der Waals surface area contributed by atoms with Crippen LogP contribution in [0, 0.1) is 0 Å². The summed E-state index contributed by atoms with van der Waals surface area (Å²) >= 11 is 0. The van der Waals surface area contributed by atoms with Gasteiger partial charge in [0.1, 0.15) is 0 Å². The van der Waals surface area contributed by atoms with E-state index in [4.69, 9.17) is 0 Å². The summed E-state index contributed by atoms with van der Waals surface area (Å²) in [5, 5.41) is 0. The van der Waals surface area contributed by atoms with Crippen LogP contribution in [0.4, 0.5) is 0 Å². The second-order valence-electron chi connectivity index (χ2n) is 5.77. The SMILES string of the molecule is CC(C)[Si](C(C)C)(C(C)C)N1C=CC=CC1. The van der Waals surface area contributed by atoms with Crippen molar-refractivity contribution in [1.82, 2.24) is 4.57 Å². The second kappa shape index (κ2) is 5.22. The van der Waals surface area contributed by atoms with Crippen molar-refractivity contribution in [1.29, 1.82) is 0 Å². The summed E-state index contributed by atoms with van der Waals surface area (Å²) in [5.41, 5.74) is 2.39. The highest BCUT2D eigenvalue weighted by Gasteiger charge is 2.47. The van der Waals surface area contributed by atoms with Crippen LogP contribution in [0.1, 0.15) is 41.5 Å². The molecule has 92 valence electrons. The Bertz CT molecular complexity index is 255. The number of hydrogen-bond acceptors (Lipinski definition) is 1. The maximum absolute atomic E-state index is 2.67. The van der Waals surface area contributed by atoms with Crippen molar-refractivity contribution >= 4 is 8.24 Å². The molecule has 0 aromatic rings. The lowest BCUT2D eigenvalue weighted by Gasteiger charge is -2.51. The van der Waals surface area contributed by atoms with Crippen LogP contribution in [0.15, 0.2) is 24.4 Å². The van der Waals surface area contributed by atoms with Gasteiger partial charge in [-0.3, -0.25) is 0 Å². The maximum Gasteiger partial charge on any atom is 0.163 e. The fraction of sp³-hybridized carbons (Fsp3) is 0.714. The third kappa shape index (κ3) is 2.12. The van der Waals surface area contributed by atoms with Crippen LogP contribution in [0.3, 0.4) is 0 Å². The normalized spacial score (nSPS) is 16.9. The van der Waals surface area contributed by atoms with E-state index in [1.54, 1.807) is 0 Å². The molecule has 0 saturated carbocycles. The summed E-state index contributed by atoms with van der Waals surface area (Å²) in [6, 6.07) is 0. The molecule has 0 radical (unpaired) electrons. The van der Waals surface area contributed by atoms with Gasteiger partial charge in [-0.05, 0) is 28.9 Å². The molecule has 0 aromatic heterocycles. The first kappa shape index (κ1) is 13.6. The standard InChI is InChI=1S/C14H27NSi/c1-12(2)16(13(3)4,14(5)6)15-10-8-7-9-11-15/h7-10,12-14H,11H2,1-6H3. The molecule has 1 rings (SSSR count). The average molecular weight is 237 g/mol. The summed E-state index contributed by atoms with van der Waals surface area (Å²) in [5.74, 6) is 0. The van der Waals surface area contributed by atoms with Crippen LogP contribution in [-0.2, 0) is 0 Å². The first-order chi connectivity index (χ1) is 7.44. The lowest BCUT2D eigenvalue weighted by molar-refractivity contribution is 0.542. The van der Waals surface area contributed by atoms with Gasteiger partial charge in [-0.1, -0.05) is 53.7 Å². The van der Waals surface area contributed by atoms with Crippen molar-refractivity contribution in [2.24, 2.45) is 0 Å². The van der Waals surface area contributed by atoms with Crippen molar-refractivity contribution < 1.29 is 0 Å². The number of nitrogens with zero attached hydrogens (tertiary/aromatic N) is 1. The first-order valence-corrected chi connectivity index (χ1v) is 8.72. The number of allylic oxidation sites excluding steroid dienone is 2. The Hall–Kier alpha value is -0.503. The minimum absolute atomic E-state index is 0.795. The second-order valence-corrected chi connectivity index (χ2v) is 11.6. The quantitative estimate of drug-likeness (QED) is 0.649. The Morgan fingerprint density at radius 2 is 1.38 bits per heavy atom. The smallest absolute Gasteiger partial charge is 0.163 e. The third-order valence-corrected chi connectivity index (χ3v) is 11.0. The van der Waals surface area contributed by atoms with Crippen LogP contribution < -0.4 is 0 Å². The van der Waals surface area contributed by atoms with Crippen LogP contribution in [-0.4, -0.2) is 19.3 Å². The summed E-state index contributed by atoms with van der Waals surface area (Å²) in [6.45, 7) is 15.6. The Labute approximate surface area is 102 Å². The summed E-state index contributed by atoms with van der Waals surface area (Å²) < 4.78 is 2.67. The molecule has 0 spiro atoms. The molecular formula is C14H27NSi. The molecule has 0 fully saturated rings. The van der Waals surface area contributed by atoms with Gasteiger partial charge in [0.25, 0.3) is 0 Å². The van der Waals surface area contributed by atoms with E-state index in [0.29, 0.717) is 0 Å². The molecule has 0 N–H and O–H groups in total. The van der Waals surface area contributed by atoms with E-state index in [9.17, 15) is 0 Å².